The molecule has 1 aromatic carbocycles. The van der Waals surface area contributed by atoms with Gasteiger partial charge in [0.25, 0.3) is 15.7 Å². The van der Waals surface area contributed by atoms with Crippen LogP contribution < -0.4 is 9.46 Å². The van der Waals surface area contributed by atoms with E-state index in [9.17, 15) is 22.9 Å². The van der Waals surface area contributed by atoms with Crippen LogP contribution in [-0.2, 0) is 10.0 Å². The summed E-state index contributed by atoms with van der Waals surface area (Å²) in [5.74, 6) is -1.46. The lowest BCUT2D eigenvalue weighted by Gasteiger charge is -2.05. The Kier molecular flexibility index (Phi) is 3.71. The van der Waals surface area contributed by atoms with E-state index < -0.39 is 31.3 Å². The van der Waals surface area contributed by atoms with Gasteiger partial charge in [-0.05, 0) is 6.07 Å². The highest BCUT2D eigenvalue weighted by Gasteiger charge is 2.24. The summed E-state index contributed by atoms with van der Waals surface area (Å²) in [6.07, 6.45) is 0. The maximum atomic E-state index is 13.6. The Balaban J connectivity index is 2.39. The number of sulfonamides is 1. The van der Waals surface area contributed by atoms with E-state index in [4.69, 9.17) is 0 Å². The number of aromatic nitrogens is 3. The minimum atomic E-state index is -4.41. The average molecular weight is 317 g/mol. The first-order chi connectivity index (χ1) is 9.83. The van der Waals surface area contributed by atoms with Crippen molar-refractivity contribution in [2.75, 3.05) is 11.8 Å². The molecule has 0 fully saturated rings. The van der Waals surface area contributed by atoms with E-state index in [1.54, 1.807) is 0 Å². The van der Waals surface area contributed by atoms with E-state index in [1.807, 2.05) is 4.72 Å². The molecule has 112 valence electrons. The van der Waals surface area contributed by atoms with Gasteiger partial charge in [0.2, 0.25) is 5.95 Å². The number of halogens is 1. The van der Waals surface area contributed by atoms with Gasteiger partial charge in [-0.1, -0.05) is 0 Å². The monoisotopic (exact) mass is 317 g/mol. The third kappa shape index (κ3) is 3.05. The maximum absolute atomic E-state index is 13.6. The van der Waals surface area contributed by atoms with Crippen LogP contribution in [0.2, 0.25) is 0 Å². The topological polar surface area (TPSA) is 140 Å². The van der Waals surface area contributed by atoms with Gasteiger partial charge in [-0.3, -0.25) is 10.1 Å². The molecular weight excluding hydrogens is 309 g/mol. The maximum Gasteiger partial charge on any atom is 0.336 e. The summed E-state index contributed by atoms with van der Waals surface area (Å²) >= 11 is 0. The van der Waals surface area contributed by atoms with Gasteiger partial charge in [0.1, 0.15) is 10.7 Å². The first kappa shape index (κ1) is 14.6. The van der Waals surface area contributed by atoms with Crippen molar-refractivity contribution in [3.63, 3.8) is 0 Å². The van der Waals surface area contributed by atoms with Gasteiger partial charge in [0, 0.05) is 12.1 Å². The molecule has 1 aromatic heterocycles. The average Bonchev–Trinajstić information content (AvgIpc) is 2.85. The van der Waals surface area contributed by atoms with E-state index in [2.05, 4.69) is 19.9 Å². The van der Waals surface area contributed by atoms with E-state index in [0.717, 1.165) is 6.07 Å². The van der Waals surface area contributed by atoms with Crippen molar-refractivity contribution in [3.05, 3.63) is 34.1 Å². The number of aromatic amines is 1. The Morgan fingerprint density at radius 3 is 2.76 bits per heavy atom. The van der Waals surface area contributed by atoms with Crippen molar-refractivity contribution in [2.24, 2.45) is 0 Å². The van der Waals surface area contributed by atoms with Gasteiger partial charge in [-0.15, -0.1) is 5.10 Å². The van der Waals surface area contributed by atoms with E-state index >= 15 is 0 Å². The lowest BCUT2D eigenvalue weighted by atomic mass is 10.3. The van der Waals surface area contributed by atoms with Crippen LogP contribution in [0.5, 0.6) is 6.01 Å². The molecule has 0 saturated carbocycles. The van der Waals surface area contributed by atoms with Gasteiger partial charge in [-0.2, -0.15) is 4.98 Å². The first-order valence-corrected chi connectivity index (χ1v) is 6.75. The van der Waals surface area contributed by atoms with Crippen molar-refractivity contribution >= 4 is 21.7 Å². The quantitative estimate of drug-likeness (QED) is 0.609. The molecule has 0 aliphatic rings. The standard InChI is InChI=1S/C9H8FN5O5S/c1-20-9-11-8(12-13-9)14-21(18,19)7-4-5(15(16)17)2-3-6(7)10/h2-4H,1H3,(H2,11,12,13,14). The molecule has 0 saturated heterocycles. The molecule has 2 aromatic rings. The molecule has 1 heterocycles. The van der Waals surface area contributed by atoms with Crippen LogP contribution in [-0.4, -0.2) is 35.6 Å². The Bertz CT molecular complexity index is 790. The predicted octanol–water partition coefficient (Wildman–Crippen LogP) is 0.661. The number of non-ortho nitro benzene ring substituents is 1. The van der Waals surface area contributed by atoms with Gasteiger partial charge in [-0.25, -0.2) is 22.6 Å². The molecule has 0 amide bonds. The Hall–Kier alpha value is -2.76. The number of benzene rings is 1. The second-order valence-corrected chi connectivity index (χ2v) is 5.30. The number of H-pyrrole nitrogens is 1. The zero-order valence-electron chi connectivity index (χ0n) is 10.4. The van der Waals surface area contributed by atoms with Crippen LogP contribution >= 0.6 is 0 Å². The number of methoxy groups -OCH3 is 1. The van der Waals surface area contributed by atoms with Crippen molar-refractivity contribution in [2.45, 2.75) is 4.90 Å². The summed E-state index contributed by atoms with van der Waals surface area (Å²) in [7, 11) is -3.15. The molecule has 12 heteroatoms. The van der Waals surface area contributed by atoms with Crippen LogP contribution in [0.15, 0.2) is 23.1 Å². The van der Waals surface area contributed by atoms with Crippen LogP contribution in [0.1, 0.15) is 0 Å². The first-order valence-electron chi connectivity index (χ1n) is 5.26. The number of anilines is 1. The molecule has 0 aliphatic carbocycles. The fourth-order valence-electron chi connectivity index (χ4n) is 1.38. The third-order valence-corrected chi connectivity index (χ3v) is 3.65. The number of ether oxygens (including phenoxy) is 1. The fraction of sp³-hybridized carbons (Fsp3) is 0.111. The number of hydrogen-bond acceptors (Lipinski definition) is 7. The third-order valence-electron chi connectivity index (χ3n) is 2.29. The number of nitro benzene ring substituents is 1. The normalized spacial score (nSPS) is 11.1. The Morgan fingerprint density at radius 2 is 2.19 bits per heavy atom. The minimum Gasteiger partial charge on any atom is -0.466 e. The highest BCUT2D eigenvalue weighted by Crippen LogP contribution is 2.22. The SMILES string of the molecule is COc1n[nH]c(NS(=O)(=O)c2cc([N+](=O)[O-])ccc2F)n1. The summed E-state index contributed by atoms with van der Waals surface area (Å²) in [5, 5.41) is 16.3. The molecule has 0 aliphatic heterocycles. The van der Waals surface area contributed by atoms with Gasteiger partial charge >= 0.3 is 6.01 Å². The molecule has 0 unspecified atom stereocenters. The van der Waals surface area contributed by atoms with Crippen molar-refractivity contribution in [3.8, 4) is 6.01 Å². The van der Waals surface area contributed by atoms with Crippen molar-refractivity contribution in [1.82, 2.24) is 15.2 Å². The molecule has 0 spiro atoms. The predicted molar refractivity (Wildman–Crippen MR) is 66.8 cm³/mol. The van der Waals surface area contributed by atoms with Crippen LogP contribution in [0.3, 0.4) is 0 Å². The smallest absolute Gasteiger partial charge is 0.336 e. The van der Waals surface area contributed by atoms with E-state index in [1.165, 1.54) is 7.11 Å². The molecule has 0 radical (unpaired) electrons. The summed E-state index contributed by atoms with van der Waals surface area (Å²) < 4.78 is 44.1. The Morgan fingerprint density at radius 1 is 1.48 bits per heavy atom. The lowest BCUT2D eigenvalue weighted by molar-refractivity contribution is -0.385. The molecule has 0 atom stereocenters. The molecule has 0 bridgehead atoms. The molecular formula is C9H8FN5O5S. The Labute approximate surface area is 117 Å². The lowest BCUT2D eigenvalue weighted by Crippen LogP contribution is -2.15. The largest absolute Gasteiger partial charge is 0.466 e. The molecule has 10 nitrogen and oxygen atoms in total. The number of hydrogen-bond donors (Lipinski definition) is 2. The minimum absolute atomic E-state index is 0.132. The van der Waals surface area contributed by atoms with Gasteiger partial charge in [0.15, 0.2) is 0 Å². The van der Waals surface area contributed by atoms with Crippen LogP contribution in [0.25, 0.3) is 0 Å². The summed E-state index contributed by atoms with van der Waals surface area (Å²) in [5.41, 5.74) is -0.563. The van der Waals surface area contributed by atoms with E-state index in [0.29, 0.717) is 12.1 Å². The van der Waals surface area contributed by atoms with Gasteiger partial charge in [0.05, 0.1) is 12.0 Å². The number of rotatable bonds is 5. The van der Waals surface area contributed by atoms with Crippen LogP contribution in [0, 0.1) is 15.9 Å². The number of nitro groups is 1. The number of nitrogens with one attached hydrogen (secondary N) is 2. The summed E-state index contributed by atoms with van der Waals surface area (Å²) in [6, 6.07) is 2.01. The van der Waals surface area contributed by atoms with Crippen LogP contribution in [0.4, 0.5) is 16.0 Å². The van der Waals surface area contributed by atoms with E-state index in [-0.39, 0.29) is 12.0 Å². The zero-order chi connectivity index (χ0) is 15.6. The highest BCUT2D eigenvalue weighted by atomic mass is 32.2. The second-order valence-electron chi connectivity index (χ2n) is 3.65. The molecule has 2 rings (SSSR count). The highest BCUT2D eigenvalue weighted by molar-refractivity contribution is 7.92. The summed E-state index contributed by atoms with van der Waals surface area (Å²) in [4.78, 5) is 12.5. The van der Waals surface area contributed by atoms with Gasteiger partial charge < -0.3 is 4.74 Å². The fourth-order valence-corrected chi connectivity index (χ4v) is 2.43. The molecule has 21 heavy (non-hydrogen) atoms. The second kappa shape index (κ2) is 5.32. The zero-order valence-corrected chi connectivity index (χ0v) is 11.2. The molecule has 2 N–H and O–H groups in total. The summed E-state index contributed by atoms with van der Waals surface area (Å²) in [6.45, 7) is 0. The van der Waals surface area contributed by atoms with Crippen molar-refractivity contribution in [1.29, 1.82) is 0 Å². The van der Waals surface area contributed by atoms with Crippen molar-refractivity contribution < 1.29 is 22.5 Å². The number of nitrogens with zero attached hydrogens (tertiary/aromatic N) is 3.